The first-order valence-corrected chi connectivity index (χ1v) is 8.94. The van der Waals surface area contributed by atoms with Crippen LogP contribution in [-0.2, 0) is 9.59 Å². The predicted molar refractivity (Wildman–Crippen MR) is 93.5 cm³/mol. The summed E-state index contributed by atoms with van der Waals surface area (Å²) < 4.78 is 0. The summed E-state index contributed by atoms with van der Waals surface area (Å²) in [4.78, 5) is 30.8. The number of pyridine rings is 1. The van der Waals surface area contributed by atoms with Gasteiger partial charge in [0.1, 0.15) is 18.1 Å². The van der Waals surface area contributed by atoms with Crippen molar-refractivity contribution in [2.24, 2.45) is 17.3 Å². The SMILES string of the molecule is CC[C@H]1CC12CC(C=O)N(C(=O)C(Nc1ccccn1)C(C)C)C2. The third kappa shape index (κ3) is 3.04. The van der Waals surface area contributed by atoms with E-state index < -0.39 is 0 Å². The number of anilines is 1. The molecule has 0 aromatic carbocycles. The smallest absolute Gasteiger partial charge is 0.245 e. The molecule has 2 aliphatic rings. The van der Waals surface area contributed by atoms with Crippen LogP contribution in [0.1, 0.15) is 40.0 Å². The Hall–Kier alpha value is -1.91. The predicted octanol–water partition coefficient (Wildman–Crippen LogP) is 2.73. The molecule has 1 aromatic heterocycles. The maximum absolute atomic E-state index is 13.1. The second-order valence-electron chi connectivity index (χ2n) is 7.63. The van der Waals surface area contributed by atoms with E-state index in [0.717, 1.165) is 32.1 Å². The van der Waals surface area contributed by atoms with Gasteiger partial charge in [0.25, 0.3) is 0 Å². The third-order valence-electron chi connectivity index (χ3n) is 5.69. The van der Waals surface area contributed by atoms with Crippen LogP contribution in [0.2, 0.25) is 0 Å². The van der Waals surface area contributed by atoms with Crippen LogP contribution in [0.4, 0.5) is 5.82 Å². The fourth-order valence-electron chi connectivity index (χ4n) is 4.16. The molecule has 0 radical (unpaired) electrons. The quantitative estimate of drug-likeness (QED) is 0.815. The number of nitrogens with one attached hydrogen (secondary N) is 1. The maximum Gasteiger partial charge on any atom is 0.245 e. The maximum atomic E-state index is 13.1. The Balaban J connectivity index is 1.76. The Kier molecular flexibility index (Phi) is 4.61. The van der Waals surface area contributed by atoms with E-state index in [1.807, 2.05) is 36.9 Å². The van der Waals surface area contributed by atoms with Crippen LogP contribution in [0.5, 0.6) is 0 Å². The van der Waals surface area contributed by atoms with Crippen LogP contribution in [0.3, 0.4) is 0 Å². The fourth-order valence-corrected chi connectivity index (χ4v) is 4.16. The van der Waals surface area contributed by atoms with E-state index in [9.17, 15) is 9.59 Å². The second kappa shape index (κ2) is 6.54. The fraction of sp³-hybridized carbons (Fsp3) is 0.632. The van der Waals surface area contributed by atoms with Gasteiger partial charge in [-0.25, -0.2) is 4.98 Å². The molecule has 3 rings (SSSR count). The second-order valence-corrected chi connectivity index (χ2v) is 7.63. The summed E-state index contributed by atoms with van der Waals surface area (Å²) in [5.74, 6) is 1.49. The number of aromatic nitrogens is 1. The largest absolute Gasteiger partial charge is 0.358 e. The van der Waals surface area contributed by atoms with E-state index in [0.29, 0.717) is 11.7 Å². The summed E-state index contributed by atoms with van der Waals surface area (Å²) in [6.45, 7) is 6.96. The zero-order valence-electron chi connectivity index (χ0n) is 14.7. The molecule has 2 fully saturated rings. The van der Waals surface area contributed by atoms with Gasteiger partial charge >= 0.3 is 0 Å². The van der Waals surface area contributed by atoms with Crippen LogP contribution in [-0.4, -0.2) is 40.7 Å². The monoisotopic (exact) mass is 329 g/mol. The van der Waals surface area contributed by atoms with E-state index in [-0.39, 0.29) is 29.3 Å². The van der Waals surface area contributed by atoms with Gasteiger partial charge in [0, 0.05) is 12.7 Å². The average molecular weight is 329 g/mol. The minimum absolute atomic E-state index is 0.0198. The summed E-state index contributed by atoms with van der Waals surface area (Å²) in [6, 6.07) is 4.96. The van der Waals surface area contributed by atoms with Crippen LogP contribution in [0.25, 0.3) is 0 Å². The molecule has 3 unspecified atom stereocenters. The van der Waals surface area contributed by atoms with Gasteiger partial charge in [-0.2, -0.15) is 0 Å². The third-order valence-corrected chi connectivity index (χ3v) is 5.69. The van der Waals surface area contributed by atoms with Gasteiger partial charge in [-0.3, -0.25) is 4.79 Å². The van der Waals surface area contributed by atoms with Crippen molar-refractivity contribution in [1.29, 1.82) is 0 Å². The first-order chi connectivity index (χ1) is 11.5. The molecule has 1 saturated heterocycles. The van der Waals surface area contributed by atoms with Crippen molar-refractivity contribution in [2.75, 3.05) is 11.9 Å². The molecule has 1 saturated carbocycles. The molecule has 24 heavy (non-hydrogen) atoms. The summed E-state index contributed by atoms with van der Waals surface area (Å²) in [5, 5.41) is 3.25. The van der Waals surface area contributed by atoms with E-state index in [4.69, 9.17) is 0 Å². The molecule has 1 aromatic rings. The number of carbonyl (C=O) groups excluding carboxylic acids is 2. The average Bonchev–Trinajstić information content (AvgIpc) is 3.13. The molecule has 1 N–H and O–H groups in total. The Morgan fingerprint density at radius 1 is 1.46 bits per heavy atom. The molecule has 5 nitrogen and oxygen atoms in total. The summed E-state index contributed by atoms with van der Waals surface area (Å²) in [6.07, 6.45) is 5.77. The Morgan fingerprint density at radius 2 is 2.25 bits per heavy atom. The highest BCUT2D eigenvalue weighted by atomic mass is 16.2. The molecule has 1 aliphatic heterocycles. The highest BCUT2D eigenvalue weighted by molar-refractivity contribution is 5.87. The molecule has 130 valence electrons. The highest BCUT2D eigenvalue weighted by Crippen LogP contribution is 2.61. The molecule has 2 heterocycles. The molecule has 5 heteroatoms. The highest BCUT2D eigenvalue weighted by Gasteiger charge is 2.60. The van der Waals surface area contributed by atoms with Crippen LogP contribution >= 0.6 is 0 Å². The van der Waals surface area contributed by atoms with E-state index in [1.165, 1.54) is 0 Å². The topological polar surface area (TPSA) is 62.3 Å². The number of amides is 1. The lowest BCUT2D eigenvalue weighted by molar-refractivity contribution is -0.136. The lowest BCUT2D eigenvalue weighted by Crippen LogP contribution is -2.48. The van der Waals surface area contributed by atoms with Crippen molar-refractivity contribution in [3.8, 4) is 0 Å². The van der Waals surface area contributed by atoms with E-state index >= 15 is 0 Å². The number of likely N-dealkylation sites (tertiary alicyclic amines) is 1. The van der Waals surface area contributed by atoms with Gasteiger partial charge < -0.3 is 15.0 Å². The van der Waals surface area contributed by atoms with Crippen LogP contribution in [0, 0.1) is 17.3 Å². The molecule has 1 aliphatic carbocycles. The number of hydrogen-bond acceptors (Lipinski definition) is 4. The van der Waals surface area contributed by atoms with Crippen LogP contribution < -0.4 is 5.32 Å². The molecule has 1 amide bonds. The summed E-state index contributed by atoms with van der Waals surface area (Å²) >= 11 is 0. The minimum Gasteiger partial charge on any atom is -0.358 e. The Morgan fingerprint density at radius 3 is 2.79 bits per heavy atom. The first kappa shape index (κ1) is 16.9. The van der Waals surface area contributed by atoms with E-state index in [1.54, 1.807) is 6.20 Å². The summed E-state index contributed by atoms with van der Waals surface area (Å²) in [5.41, 5.74) is 0.197. The van der Waals surface area contributed by atoms with Crippen molar-refractivity contribution in [3.63, 3.8) is 0 Å². The van der Waals surface area contributed by atoms with Gasteiger partial charge in [-0.1, -0.05) is 33.3 Å². The Bertz CT molecular complexity index is 604. The number of hydrogen-bond donors (Lipinski definition) is 1. The Labute approximate surface area is 143 Å². The molecular formula is C19H27N3O2. The summed E-state index contributed by atoms with van der Waals surface area (Å²) in [7, 11) is 0. The molecule has 0 bridgehead atoms. The van der Waals surface area contributed by atoms with Gasteiger partial charge in [0.15, 0.2) is 0 Å². The van der Waals surface area contributed by atoms with Crippen molar-refractivity contribution in [1.82, 2.24) is 9.88 Å². The zero-order valence-corrected chi connectivity index (χ0v) is 14.7. The molecule has 1 spiro atoms. The van der Waals surface area contributed by atoms with Gasteiger partial charge in [0.2, 0.25) is 5.91 Å². The van der Waals surface area contributed by atoms with Crippen molar-refractivity contribution in [2.45, 2.75) is 52.1 Å². The lowest BCUT2D eigenvalue weighted by Gasteiger charge is -2.29. The number of aldehydes is 1. The standard InChI is InChI=1S/C19H27N3O2/c1-4-14-9-19(14)10-15(11-23)22(12-19)18(24)17(13(2)3)21-16-7-5-6-8-20-16/h5-8,11,13-15,17H,4,9-10,12H2,1-3H3,(H,20,21)/t14-,15?,17?,19?/m0/s1. The van der Waals surface area contributed by atoms with Crippen LogP contribution in [0.15, 0.2) is 24.4 Å². The zero-order chi connectivity index (χ0) is 17.3. The van der Waals surface area contributed by atoms with Crippen molar-refractivity contribution in [3.05, 3.63) is 24.4 Å². The number of rotatable bonds is 6. The lowest BCUT2D eigenvalue weighted by atomic mass is 9.99. The van der Waals surface area contributed by atoms with Gasteiger partial charge in [-0.05, 0) is 42.2 Å². The minimum atomic E-state index is -0.365. The first-order valence-electron chi connectivity index (χ1n) is 8.94. The van der Waals surface area contributed by atoms with Crippen molar-refractivity contribution >= 4 is 18.0 Å². The van der Waals surface area contributed by atoms with Gasteiger partial charge in [0.05, 0.1) is 6.04 Å². The van der Waals surface area contributed by atoms with Gasteiger partial charge in [-0.15, -0.1) is 0 Å². The normalized spacial score (nSPS) is 29.8. The number of carbonyl (C=O) groups is 2. The van der Waals surface area contributed by atoms with E-state index in [2.05, 4.69) is 17.2 Å². The van der Waals surface area contributed by atoms with Crippen molar-refractivity contribution < 1.29 is 9.59 Å². The number of nitrogens with zero attached hydrogens (tertiary/aromatic N) is 2. The molecule has 4 atom stereocenters. The molecular weight excluding hydrogens is 302 g/mol.